The number of rotatable bonds is 6. The molecule has 1 unspecified atom stereocenters. The van der Waals surface area contributed by atoms with Crippen molar-refractivity contribution in [2.24, 2.45) is 0 Å². The van der Waals surface area contributed by atoms with E-state index in [1.165, 1.54) is 11.3 Å². The third kappa shape index (κ3) is 4.61. The molecule has 6 heteroatoms. The Morgan fingerprint density at radius 1 is 1.14 bits per heavy atom. The Hall–Kier alpha value is -2.34. The third-order valence-corrected chi connectivity index (χ3v) is 3.83. The number of urea groups is 1. The summed E-state index contributed by atoms with van der Waals surface area (Å²) in [6.07, 6.45) is 0.699. The SMILES string of the molecule is O=C(NCCc1ccccc1)NC(C(=O)O)c1cccs1. The van der Waals surface area contributed by atoms with Gasteiger partial charge in [-0.3, -0.25) is 0 Å². The van der Waals surface area contributed by atoms with Crippen LogP contribution in [0.5, 0.6) is 0 Å². The molecule has 21 heavy (non-hydrogen) atoms. The van der Waals surface area contributed by atoms with Gasteiger partial charge in [-0.15, -0.1) is 11.3 Å². The van der Waals surface area contributed by atoms with E-state index in [0.717, 1.165) is 5.56 Å². The average molecular weight is 304 g/mol. The summed E-state index contributed by atoms with van der Waals surface area (Å²) in [5.41, 5.74) is 1.12. The van der Waals surface area contributed by atoms with Crippen molar-refractivity contribution in [2.45, 2.75) is 12.5 Å². The Kier molecular flexibility index (Phi) is 5.34. The van der Waals surface area contributed by atoms with Gasteiger partial charge in [-0.2, -0.15) is 0 Å². The second-order valence-electron chi connectivity index (χ2n) is 4.42. The monoisotopic (exact) mass is 304 g/mol. The van der Waals surface area contributed by atoms with E-state index >= 15 is 0 Å². The number of carboxylic acids is 1. The van der Waals surface area contributed by atoms with Crippen molar-refractivity contribution in [3.05, 3.63) is 58.3 Å². The fraction of sp³-hybridized carbons (Fsp3) is 0.200. The Morgan fingerprint density at radius 3 is 2.52 bits per heavy atom. The van der Waals surface area contributed by atoms with Crippen LogP contribution in [0, 0.1) is 0 Å². The molecule has 0 saturated heterocycles. The van der Waals surface area contributed by atoms with Gasteiger partial charge < -0.3 is 15.7 Å². The van der Waals surface area contributed by atoms with Gasteiger partial charge in [-0.1, -0.05) is 36.4 Å². The number of carbonyl (C=O) groups excluding carboxylic acids is 1. The lowest BCUT2D eigenvalue weighted by Gasteiger charge is -2.13. The summed E-state index contributed by atoms with van der Waals surface area (Å²) in [5, 5.41) is 16.1. The zero-order chi connectivity index (χ0) is 15.1. The van der Waals surface area contributed by atoms with Gasteiger partial charge in [0.2, 0.25) is 0 Å². The van der Waals surface area contributed by atoms with E-state index in [4.69, 9.17) is 5.11 Å². The number of thiophene rings is 1. The summed E-state index contributed by atoms with van der Waals surface area (Å²) in [6.45, 7) is 0.451. The molecule has 0 aliphatic heterocycles. The molecule has 1 atom stereocenters. The first-order valence-corrected chi connectivity index (χ1v) is 7.39. The number of hydrogen-bond donors (Lipinski definition) is 3. The molecule has 1 heterocycles. The smallest absolute Gasteiger partial charge is 0.331 e. The maximum absolute atomic E-state index is 11.8. The van der Waals surface area contributed by atoms with Crippen LogP contribution >= 0.6 is 11.3 Å². The molecule has 2 rings (SSSR count). The molecule has 2 amide bonds. The van der Waals surface area contributed by atoms with Gasteiger partial charge in [0, 0.05) is 11.4 Å². The largest absolute Gasteiger partial charge is 0.479 e. The predicted molar refractivity (Wildman–Crippen MR) is 81.4 cm³/mol. The van der Waals surface area contributed by atoms with Crippen LogP contribution in [0.4, 0.5) is 4.79 Å². The fourth-order valence-electron chi connectivity index (χ4n) is 1.86. The zero-order valence-electron chi connectivity index (χ0n) is 11.3. The van der Waals surface area contributed by atoms with Gasteiger partial charge >= 0.3 is 12.0 Å². The van der Waals surface area contributed by atoms with Crippen molar-refractivity contribution in [1.29, 1.82) is 0 Å². The molecule has 2 aromatic rings. The number of amides is 2. The molecule has 0 aliphatic carbocycles. The first-order chi connectivity index (χ1) is 10.2. The van der Waals surface area contributed by atoms with E-state index < -0.39 is 18.0 Å². The van der Waals surface area contributed by atoms with Crippen LogP contribution in [0.15, 0.2) is 47.8 Å². The minimum Gasteiger partial charge on any atom is -0.479 e. The summed E-state index contributed by atoms with van der Waals surface area (Å²) in [4.78, 5) is 23.6. The number of carbonyl (C=O) groups is 2. The Morgan fingerprint density at radius 2 is 1.90 bits per heavy atom. The van der Waals surface area contributed by atoms with E-state index in [1.807, 2.05) is 30.3 Å². The van der Waals surface area contributed by atoms with Crippen LogP contribution in [0.2, 0.25) is 0 Å². The second-order valence-corrected chi connectivity index (χ2v) is 5.40. The first-order valence-electron chi connectivity index (χ1n) is 6.51. The predicted octanol–water partition coefficient (Wildman–Crippen LogP) is 2.42. The zero-order valence-corrected chi connectivity index (χ0v) is 12.1. The molecule has 0 radical (unpaired) electrons. The second kappa shape index (κ2) is 7.44. The van der Waals surface area contributed by atoms with E-state index in [1.54, 1.807) is 17.5 Å². The molecule has 0 bridgehead atoms. The Balaban J connectivity index is 1.82. The van der Waals surface area contributed by atoms with Crippen molar-refractivity contribution in [3.8, 4) is 0 Å². The Labute approximate surface area is 126 Å². The quantitative estimate of drug-likeness (QED) is 0.767. The van der Waals surface area contributed by atoms with Crippen molar-refractivity contribution in [1.82, 2.24) is 10.6 Å². The number of hydrogen-bond acceptors (Lipinski definition) is 3. The molecule has 110 valence electrons. The van der Waals surface area contributed by atoms with Crippen LogP contribution in [0.25, 0.3) is 0 Å². The number of benzene rings is 1. The molecule has 1 aromatic carbocycles. The molecular formula is C15H16N2O3S. The maximum Gasteiger partial charge on any atom is 0.331 e. The summed E-state index contributed by atoms with van der Waals surface area (Å²) in [6, 6.07) is 11.7. The van der Waals surface area contributed by atoms with Crippen LogP contribution < -0.4 is 10.6 Å². The lowest BCUT2D eigenvalue weighted by molar-refractivity contribution is -0.139. The van der Waals surface area contributed by atoms with E-state index in [-0.39, 0.29) is 0 Å². The van der Waals surface area contributed by atoms with Crippen molar-refractivity contribution in [2.75, 3.05) is 6.54 Å². The summed E-state index contributed by atoms with van der Waals surface area (Å²) >= 11 is 1.30. The van der Waals surface area contributed by atoms with Crippen LogP contribution in [0.1, 0.15) is 16.5 Å². The van der Waals surface area contributed by atoms with E-state index in [9.17, 15) is 9.59 Å². The molecule has 0 aliphatic rings. The molecule has 3 N–H and O–H groups in total. The topological polar surface area (TPSA) is 78.4 Å². The third-order valence-electron chi connectivity index (χ3n) is 2.89. The number of aliphatic carboxylic acids is 1. The molecule has 5 nitrogen and oxygen atoms in total. The minimum atomic E-state index is -1.07. The molecule has 1 aromatic heterocycles. The Bertz CT molecular complexity index is 584. The highest BCUT2D eigenvalue weighted by Crippen LogP contribution is 2.18. The first kappa shape index (κ1) is 15.1. The van der Waals surface area contributed by atoms with Crippen molar-refractivity contribution < 1.29 is 14.7 Å². The maximum atomic E-state index is 11.8. The highest BCUT2D eigenvalue weighted by molar-refractivity contribution is 7.10. The lowest BCUT2D eigenvalue weighted by atomic mass is 10.1. The van der Waals surface area contributed by atoms with Crippen LogP contribution in [-0.2, 0) is 11.2 Å². The number of carboxylic acid groups (broad SMARTS) is 1. The molecule has 0 fully saturated rings. The molecule has 0 saturated carbocycles. The standard InChI is InChI=1S/C15H16N2O3S/c18-14(19)13(12-7-4-10-21-12)17-15(20)16-9-8-11-5-2-1-3-6-11/h1-7,10,13H,8-9H2,(H,18,19)(H2,16,17,20). The van der Waals surface area contributed by atoms with Gasteiger partial charge in [-0.05, 0) is 23.4 Å². The highest BCUT2D eigenvalue weighted by atomic mass is 32.1. The summed E-state index contributed by atoms with van der Waals surface area (Å²) in [7, 11) is 0. The molecule has 0 spiro atoms. The molecular weight excluding hydrogens is 288 g/mol. The van der Waals surface area contributed by atoms with E-state index in [0.29, 0.717) is 17.8 Å². The normalized spacial score (nSPS) is 11.6. The van der Waals surface area contributed by atoms with Gasteiger partial charge in [0.05, 0.1) is 0 Å². The summed E-state index contributed by atoms with van der Waals surface area (Å²) in [5.74, 6) is -1.07. The summed E-state index contributed by atoms with van der Waals surface area (Å²) < 4.78 is 0. The van der Waals surface area contributed by atoms with Gasteiger partial charge in [-0.25, -0.2) is 9.59 Å². The fourth-order valence-corrected chi connectivity index (χ4v) is 2.62. The van der Waals surface area contributed by atoms with E-state index in [2.05, 4.69) is 10.6 Å². The average Bonchev–Trinajstić information content (AvgIpc) is 2.99. The van der Waals surface area contributed by atoms with Crippen molar-refractivity contribution in [3.63, 3.8) is 0 Å². The minimum absolute atomic E-state index is 0.451. The van der Waals surface area contributed by atoms with Crippen molar-refractivity contribution >= 4 is 23.3 Å². The lowest BCUT2D eigenvalue weighted by Crippen LogP contribution is -2.41. The van der Waals surface area contributed by atoms with Gasteiger partial charge in [0.1, 0.15) is 0 Å². The van der Waals surface area contributed by atoms with Crippen LogP contribution in [-0.4, -0.2) is 23.7 Å². The van der Waals surface area contributed by atoms with Gasteiger partial charge in [0.25, 0.3) is 0 Å². The highest BCUT2D eigenvalue weighted by Gasteiger charge is 2.22. The van der Waals surface area contributed by atoms with Crippen LogP contribution in [0.3, 0.4) is 0 Å². The van der Waals surface area contributed by atoms with Gasteiger partial charge in [0.15, 0.2) is 6.04 Å². The number of nitrogens with one attached hydrogen (secondary N) is 2.